The molecule has 6 heteroatoms. The van der Waals surface area contributed by atoms with Gasteiger partial charge < -0.3 is 19.4 Å². The zero-order valence-corrected chi connectivity index (χ0v) is 16.5. The first kappa shape index (κ1) is 19.7. The van der Waals surface area contributed by atoms with Crippen molar-refractivity contribution < 1.29 is 14.3 Å². The normalized spacial score (nSPS) is 13.9. The molecule has 0 N–H and O–H groups in total. The van der Waals surface area contributed by atoms with Crippen LogP contribution in [0.3, 0.4) is 0 Å². The number of piperazine rings is 1. The molecular weight excluding hydrogens is 354 g/mol. The zero-order chi connectivity index (χ0) is 19.9. The number of anilines is 1. The maximum Gasteiger partial charge on any atom is 0.242 e. The molecule has 0 saturated carbocycles. The van der Waals surface area contributed by atoms with Gasteiger partial charge in [-0.3, -0.25) is 9.59 Å². The zero-order valence-electron chi connectivity index (χ0n) is 16.5. The van der Waals surface area contributed by atoms with Gasteiger partial charge in [0.05, 0.1) is 7.11 Å². The molecule has 28 heavy (non-hydrogen) atoms. The summed E-state index contributed by atoms with van der Waals surface area (Å²) in [5.74, 6) is 0.745. The minimum atomic E-state index is -0.0888. The minimum Gasteiger partial charge on any atom is -0.497 e. The van der Waals surface area contributed by atoms with Crippen LogP contribution in [0.1, 0.15) is 12.5 Å². The molecule has 1 aliphatic heterocycles. The van der Waals surface area contributed by atoms with Crippen LogP contribution in [-0.4, -0.2) is 61.4 Å². The summed E-state index contributed by atoms with van der Waals surface area (Å²) in [5.41, 5.74) is 2.15. The highest BCUT2D eigenvalue weighted by Gasteiger charge is 2.24. The van der Waals surface area contributed by atoms with E-state index in [1.807, 2.05) is 59.5 Å². The summed E-state index contributed by atoms with van der Waals surface area (Å²) in [7, 11) is 1.65. The smallest absolute Gasteiger partial charge is 0.242 e. The molecule has 0 aromatic heterocycles. The Kier molecular flexibility index (Phi) is 6.53. The molecular formula is C22H27N3O3. The van der Waals surface area contributed by atoms with Crippen LogP contribution in [0.5, 0.6) is 5.75 Å². The number of carbonyl (C=O) groups is 2. The molecule has 1 saturated heterocycles. The van der Waals surface area contributed by atoms with E-state index in [0.717, 1.165) is 30.1 Å². The maximum atomic E-state index is 12.7. The van der Waals surface area contributed by atoms with E-state index in [1.54, 1.807) is 12.0 Å². The second kappa shape index (κ2) is 9.26. The maximum absolute atomic E-state index is 12.7. The predicted octanol–water partition coefficient (Wildman–Crippen LogP) is 2.39. The molecule has 0 spiro atoms. The molecule has 1 aliphatic rings. The van der Waals surface area contributed by atoms with E-state index in [0.29, 0.717) is 19.6 Å². The molecule has 0 atom stereocenters. The van der Waals surface area contributed by atoms with Gasteiger partial charge in [-0.05, 0) is 29.8 Å². The van der Waals surface area contributed by atoms with Crippen molar-refractivity contribution in [2.24, 2.45) is 0 Å². The van der Waals surface area contributed by atoms with Crippen LogP contribution in [0.25, 0.3) is 0 Å². The number of methoxy groups -OCH3 is 1. The first-order valence-electron chi connectivity index (χ1n) is 9.53. The van der Waals surface area contributed by atoms with Gasteiger partial charge in [-0.1, -0.05) is 30.3 Å². The molecule has 0 bridgehead atoms. The number of hydrogen-bond acceptors (Lipinski definition) is 4. The van der Waals surface area contributed by atoms with Gasteiger partial charge in [-0.2, -0.15) is 0 Å². The van der Waals surface area contributed by atoms with Crippen molar-refractivity contribution in [3.63, 3.8) is 0 Å². The Morgan fingerprint density at radius 3 is 2.18 bits per heavy atom. The topological polar surface area (TPSA) is 53.1 Å². The molecule has 0 radical (unpaired) electrons. The van der Waals surface area contributed by atoms with Crippen molar-refractivity contribution >= 4 is 17.5 Å². The number of benzene rings is 2. The summed E-state index contributed by atoms with van der Waals surface area (Å²) in [4.78, 5) is 30.4. The monoisotopic (exact) mass is 381 g/mol. The Labute approximate surface area is 166 Å². The predicted molar refractivity (Wildman–Crippen MR) is 109 cm³/mol. The van der Waals surface area contributed by atoms with E-state index in [1.165, 1.54) is 6.92 Å². The number of carbonyl (C=O) groups excluding carboxylic acids is 2. The lowest BCUT2D eigenvalue weighted by molar-refractivity contribution is -0.140. The van der Waals surface area contributed by atoms with Crippen molar-refractivity contribution in [2.45, 2.75) is 13.5 Å². The lowest BCUT2D eigenvalue weighted by atomic mass is 10.2. The SMILES string of the molecule is COc1ccc(N2CCN(C(=O)CN(Cc3ccccc3)C(C)=O)CC2)cc1. The van der Waals surface area contributed by atoms with Crippen molar-refractivity contribution in [2.75, 3.05) is 44.7 Å². The van der Waals surface area contributed by atoms with Crippen LogP contribution in [0, 0.1) is 0 Å². The number of nitrogens with zero attached hydrogens (tertiary/aromatic N) is 3. The van der Waals surface area contributed by atoms with Gasteiger partial charge in [0, 0.05) is 45.3 Å². The highest BCUT2D eigenvalue weighted by Crippen LogP contribution is 2.20. The highest BCUT2D eigenvalue weighted by atomic mass is 16.5. The average Bonchev–Trinajstić information content (AvgIpc) is 2.74. The molecule has 2 aromatic carbocycles. The molecule has 2 amide bonds. The molecule has 3 rings (SSSR count). The van der Waals surface area contributed by atoms with Crippen molar-refractivity contribution in [3.05, 3.63) is 60.2 Å². The van der Waals surface area contributed by atoms with Gasteiger partial charge in [-0.15, -0.1) is 0 Å². The van der Waals surface area contributed by atoms with Crippen LogP contribution in [0.15, 0.2) is 54.6 Å². The lowest BCUT2D eigenvalue weighted by Gasteiger charge is -2.37. The largest absolute Gasteiger partial charge is 0.497 e. The third-order valence-corrected chi connectivity index (χ3v) is 5.06. The third kappa shape index (κ3) is 5.03. The molecule has 0 aliphatic carbocycles. The molecule has 6 nitrogen and oxygen atoms in total. The van der Waals surface area contributed by atoms with Crippen molar-refractivity contribution in [3.8, 4) is 5.75 Å². The summed E-state index contributed by atoms with van der Waals surface area (Å²) >= 11 is 0. The first-order valence-corrected chi connectivity index (χ1v) is 9.53. The minimum absolute atomic E-state index is 0.000474. The fourth-order valence-corrected chi connectivity index (χ4v) is 3.35. The quantitative estimate of drug-likeness (QED) is 0.771. The Hall–Kier alpha value is -3.02. The van der Waals surface area contributed by atoms with Gasteiger partial charge >= 0.3 is 0 Å². The van der Waals surface area contributed by atoms with Gasteiger partial charge in [0.25, 0.3) is 0 Å². The van der Waals surface area contributed by atoms with Crippen molar-refractivity contribution in [1.29, 1.82) is 0 Å². The van der Waals surface area contributed by atoms with Gasteiger partial charge in [0.15, 0.2) is 0 Å². The summed E-state index contributed by atoms with van der Waals surface area (Å²) in [6.07, 6.45) is 0. The van der Waals surface area contributed by atoms with Crippen LogP contribution >= 0.6 is 0 Å². The Balaban J connectivity index is 1.54. The van der Waals surface area contributed by atoms with Crippen molar-refractivity contribution in [1.82, 2.24) is 9.80 Å². The fourth-order valence-electron chi connectivity index (χ4n) is 3.35. The molecule has 148 valence electrons. The second-order valence-corrected chi connectivity index (χ2v) is 6.93. The van der Waals surface area contributed by atoms with Crippen LogP contribution in [0.2, 0.25) is 0 Å². The summed E-state index contributed by atoms with van der Waals surface area (Å²) in [6.45, 7) is 4.94. The summed E-state index contributed by atoms with van der Waals surface area (Å²) < 4.78 is 5.20. The van der Waals surface area contributed by atoms with Gasteiger partial charge in [0.1, 0.15) is 12.3 Å². The molecule has 2 aromatic rings. The van der Waals surface area contributed by atoms with E-state index in [4.69, 9.17) is 4.74 Å². The highest BCUT2D eigenvalue weighted by molar-refractivity contribution is 5.84. The third-order valence-electron chi connectivity index (χ3n) is 5.06. The van der Waals surface area contributed by atoms with Crippen LogP contribution < -0.4 is 9.64 Å². The van der Waals surface area contributed by atoms with E-state index in [9.17, 15) is 9.59 Å². The number of rotatable bonds is 6. The lowest BCUT2D eigenvalue weighted by Crippen LogP contribution is -2.51. The second-order valence-electron chi connectivity index (χ2n) is 6.93. The summed E-state index contributed by atoms with van der Waals surface area (Å²) in [5, 5.41) is 0. The van der Waals surface area contributed by atoms with E-state index in [2.05, 4.69) is 4.90 Å². The van der Waals surface area contributed by atoms with E-state index < -0.39 is 0 Å². The number of hydrogen-bond donors (Lipinski definition) is 0. The van der Waals surface area contributed by atoms with Gasteiger partial charge in [-0.25, -0.2) is 0 Å². The Bertz CT molecular complexity index is 784. The van der Waals surface area contributed by atoms with E-state index in [-0.39, 0.29) is 18.4 Å². The standard InChI is InChI=1S/C22H27N3O3/c1-18(26)25(16-19-6-4-3-5-7-19)17-22(27)24-14-12-23(13-15-24)20-8-10-21(28-2)11-9-20/h3-11H,12-17H2,1-2H3. The van der Waals surface area contributed by atoms with Crippen LogP contribution in [-0.2, 0) is 16.1 Å². The average molecular weight is 381 g/mol. The first-order chi connectivity index (χ1) is 13.6. The fraction of sp³-hybridized carbons (Fsp3) is 0.364. The molecule has 0 unspecified atom stereocenters. The molecule has 1 fully saturated rings. The van der Waals surface area contributed by atoms with E-state index >= 15 is 0 Å². The molecule has 1 heterocycles. The summed E-state index contributed by atoms with van der Waals surface area (Å²) in [6, 6.07) is 17.7. The van der Waals surface area contributed by atoms with Gasteiger partial charge in [0.2, 0.25) is 11.8 Å². The number of amides is 2. The Morgan fingerprint density at radius 1 is 0.964 bits per heavy atom. The Morgan fingerprint density at radius 2 is 1.61 bits per heavy atom. The van der Waals surface area contributed by atoms with Crippen LogP contribution in [0.4, 0.5) is 5.69 Å². The number of ether oxygens (including phenoxy) is 1.